The lowest BCUT2D eigenvalue weighted by Crippen LogP contribution is -2.23. The molecule has 1 heterocycles. The molecular weight excluding hydrogens is 238 g/mol. The first kappa shape index (κ1) is 13.7. The highest BCUT2D eigenvalue weighted by molar-refractivity contribution is 5.85. The molecule has 1 unspecified atom stereocenters. The van der Waals surface area contributed by atoms with Gasteiger partial charge >= 0.3 is 5.97 Å². The Morgan fingerprint density at radius 2 is 2.00 bits per heavy atom. The number of rotatable bonds is 3. The predicted molar refractivity (Wildman–Crippen MR) is 78.3 cm³/mol. The van der Waals surface area contributed by atoms with Crippen LogP contribution in [0.25, 0.3) is 6.08 Å². The molecule has 0 bridgehead atoms. The van der Waals surface area contributed by atoms with Gasteiger partial charge in [0.25, 0.3) is 0 Å². The minimum absolute atomic E-state index is 0.822. The van der Waals surface area contributed by atoms with Gasteiger partial charge in [-0.05, 0) is 49.0 Å². The number of anilines is 1. The molecule has 0 aliphatic carbocycles. The fourth-order valence-corrected chi connectivity index (χ4v) is 2.48. The number of benzene rings is 1. The third-order valence-corrected chi connectivity index (χ3v) is 3.69. The maximum atomic E-state index is 10.5. The van der Waals surface area contributed by atoms with Crippen LogP contribution in [0.3, 0.4) is 0 Å². The fourth-order valence-electron chi connectivity index (χ4n) is 2.48. The highest BCUT2D eigenvalue weighted by Crippen LogP contribution is 2.22. The van der Waals surface area contributed by atoms with E-state index in [1.165, 1.54) is 31.0 Å². The first-order valence-corrected chi connectivity index (χ1v) is 6.91. The van der Waals surface area contributed by atoms with E-state index < -0.39 is 5.97 Å². The molecule has 3 heteroatoms. The average Bonchev–Trinajstić information content (AvgIpc) is 2.62. The van der Waals surface area contributed by atoms with E-state index in [4.69, 9.17) is 5.11 Å². The quantitative estimate of drug-likeness (QED) is 0.846. The van der Waals surface area contributed by atoms with Crippen molar-refractivity contribution in [3.63, 3.8) is 0 Å². The Balaban J connectivity index is 2.03. The number of hydrogen-bond donors (Lipinski definition) is 1. The lowest BCUT2D eigenvalue weighted by Gasteiger charge is -2.22. The van der Waals surface area contributed by atoms with Gasteiger partial charge in [0.1, 0.15) is 0 Å². The van der Waals surface area contributed by atoms with Gasteiger partial charge in [0.05, 0.1) is 0 Å². The van der Waals surface area contributed by atoms with Crippen molar-refractivity contribution >= 4 is 17.7 Å². The summed E-state index contributed by atoms with van der Waals surface area (Å²) in [5, 5.41) is 8.59. The maximum absolute atomic E-state index is 10.5. The molecule has 1 aliphatic heterocycles. The predicted octanol–water partition coefficient (Wildman–Crippen LogP) is 3.41. The van der Waals surface area contributed by atoms with Crippen molar-refractivity contribution < 1.29 is 9.90 Å². The molecule has 3 nitrogen and oxygen atoms in total. The molecule has 0 spiro atoms. The smallest absolute Gasteiger partial charge is 0.328 e. The SMILES string of the molecule is CC1CCCN(c2ccc(C=CC(=O)O)cc2)CC1. The van der Waals surface area contributed by atoms with Crippen LogP contribution in [-0.2, 0) is 4.79 Å². The molecule has 1 atom stereocenters. The maximum Gasteiger partial charge on any atom is 0.328 e. The molecule has 1 aliphatic rings. The Bertz CT molecular complexity index is 450. The van der Waals surface area contributed by atoms with Gasteiger partial charge in [0, 0.05) is 24.9 Å². The number of aliphatic carboxylic acids is 1. The number of carboxylic acids is 1. The average molecular weight is 259 g/mol. The normalized spacial score (nSPS) is 20.5. The van der Waals surface area contributed by atoms with E-state index in [2.05, 4.69) is 24.0 Å². The van der Waals surface area contributed by atoms with Gasteiger partial charge in [-0.2, -0.15) is 0 Å². The standard InChI is InChI=1S/C16H21NO2/c1-13-3-2-11-17(12-10-13)15-7-4-14(5-8-15)6-9-16(18)19/h4-9,13H,2-3,10-12H2,1H3,(H,18,19). The second kappa shape index (κ2) is 6.41. The van der Waals surface area contributed by atoms with E-state index in [0.717, 1.165) is 24.6 Å². The molecular formula is C16H21NO2. The summed E-state index contributed by atoms with van der Waals surface area (Å²) in [5.41, 5.74) is 2.16. The second-order valence-corrected chi connectivity index (χ2v) is 5.29. The van der Waals surface area contributed by atoms with E-state index in [-0.39, 0.29) is 0 Å². The number of carbonyl (C=O) groups is 1. The summed E-state index contributed by atoms with van der Waals surface area (Å²) in [5.74, 6) is -0.0895. The molecule has 1 fully saturated rings. The zero-order valence-corrected chi connectivity index (χ0v) is 11.4. The molecule has 0 aromatic heterocycles. The van der Waals surface area contributed by atoms with Gasteiger partial charge in [-0.15, -0.1) is 0 Å². The Hall–Kier alpha value is -1.77. The largest absolute Gasteiger partial charge is 0.478 e. The summed E-state index contributed by atoms with van der Waals surface area (Å²) >= 11 is 0. The van der Waals surface area contributed by atoms with Crippen LogP contribution < -0.4 is 4.90 Å². The lowest BCUT2D eigenvalue weighted by atomic mass is 10.0. The highest BCUT2D eigenvalue weighted by atomic mass is 16.4. The summed E-state index contributed by atoms with van der Waals surface area (Å²) in [4.78, 5) is 12.9. The zero-order valence-electron chi connectivity index (χ0n) is 11.4. The molecule has 2 rings (SSSR count). The molecule has 102 valence electrons. The van der Waals surface area contributed by atoms with Crippen molar-refractivity contribution in [2.24, 2.45) is 5.92 Å². The van der Waals surface area contributed by atoms with Gasteiger partial charge in [0.15, 0.2) is 0 Å². The summed E-state index contributed by atoms with van der Waals surface area (Å²) in [6.45, 7) is 4.56. The Kier molecular flexibility index (Phi) is 4.61. The fraction of sp³-hybridized carbons (Fsp3) is 0.438. The van der Waals surface area contributed by atoms with Crippen LogP contribution >= 0.6 is 0 Å². The van der Waals surface area contributed by atoms with Crippen molar-refractivity contribution in [3.8, 4) is 0 Å². The van der Waals surface area contributed by atoms with Crippen LogP contribution in [0.2, 0.25) is 0 Å². The minimum atomic E-state index is -0.911. The Morgan fingerprint density at radius 1 is 1.26 bits per heavy atom. The van der Waals surface area contributed by atoms with E-state index in [1.54, 1.807) is 6.08 Å². The van der Waals surface area contributed by atoms with Gasteiger partial charge in [-0.25, -0.2) is 4.79 Å². The van der Waals surface area contributed by atoms with Crippen molar-refractivity contribution in [3.05, 3.63) is 35.9 Å². The summed E-state index contributed by atoms with van der Waals surface area (Å²) in [6, 6.07) is 8.11. The van der Waals surface area contributed by atoms with Crippen molar-refractivity contribution in [1.29, 1.82) is 0 Å². The topological polar surface area (TPSA) is 40.5 Å². The highest BCUT2D eigenvalue weighted by Gasteiger charge is 2.13. The minimum Gasteiger partial charge on any atom is -0.478 e. The monoisotopic (exact) mass is 259 g/mol. The first-order chi connectivity index (χ1) is 9.15. The van der Waals surface area contributed by atoms with E-state index in [9.17, 15) is 4.79 Å². The third-order valence-electron chi connectivity index (χ3n) is 3.69. The summed E-state index contributed by atoms with van der Waals surface area (Å²) < 4.78 is 0. The Morgan fingerprint density at radius 3 is 2.68 bits per heavy atom. The van der Waals surface area contributed by atoms with Crippen molar-refractivity contribution in [2.45, 2.75) is 26.2 Å². The van der Waals surface area contributed by atoms with Crippen LogP contribution in [0.15, 0.2) is 30.3 Å². The van der Waals surface area contributed by atoms with Crippen LogP contribution in [0, 0.1) is 5.92 Å². The second-order valence-electron chi connectivity index (χ2n) is 5.29. The van der Waals surface area contributed by atoms with Crippen LogP contribution in [-0.4, -0.2) is 24.2 Å². The molecule has 0 radical (unpaired) electrons. The molecule has 1 saturated heterocycles. The van der Waals surface area contributed by atoms with Crippen molar-refractivity contribution in [2.75, 3.05) is 18.0 Å². The van der Waals surface area contributed by atoms with Gasteiger partial charge in [-0.1, -0.05) is 19.1 Å². The van der Waals surface area contributed by atoms with Crippen LogP contribution in [0.5, 0.6) is 0 Å². The number of hydrogen-bond acceptors (Lipinski definition) is 2. The molecule has 19 heavy (non-hydrogen) atoms. The molecule has 1 aromatic rings. The molecule has 0 saturated carbocycles. The van der Waals surface area contributed by atoms with Gasteiger partial charge in [0.2, 0.25) is 0 Å². The van der Waals surface area contributed by atoms with Gasteiger partial charge in [-0.3, -0.25) is 0 Å². The summed E-state index contributed by atoms with van der Waals surface area (Å²) in [6.07, 6.45) is 6.61. The van der Waals surface area contributed by atoms with E-state index in [1.807, 2.05) is 12.1 Å². The molecule has 1 aromatic carbocycles. The van der Waals surface area contributed by atoms with Crippen LogP contribution in [0.4, 0.5) is 5.69 Å². The van der Waals surface area contributed by atoms with Crippen LogP contribution in [0.1, 0.15) is 31.7 Å². The number of carboxylic acid groups (broad SMARTS) is 1. The lowest BCUT2D eigenvalue weighted by molar-refractivity contribution is -0.131. The van der Waals surface area contributed by atoms with Crippen molar-refractivity contribution in [1.82, 2.24) is 0 Å². The molecule has 1 N–H and O–H groups in total. The Labute approximate surface area is 114 Å². The third kappa shape index (κ3) is 4.12. The van der Waals surface area contributed by atoms with E-state index in [0.29, 0.717) is 0 Å². The van der Waals surface area contributed by atoms with E-state index >= 15 is 0 Å². The van der Waals surface area contributed by atoms with Gasteiger partial charge < -0.3 is 10.0 Å². The summed E-state index contributed by atoms with van der Waals surface area (Å²) in [7, 11) is 0. The first-order valence-electron chi connectivity index (χ1n) is 6.91. The zero-order chi connectivity index (χ0) is 13.7. The molecule has 0 amide bonds. The number of nitrogens with zero attached hydrogens (tertiary/aromatic N) is 1.